The van der Waals surface area contributed by atoms with Crippen molar-refractivity contribution >= 4 is 6.21 Å². The first kappa shape index (κ1) is 5.76. The maximum atomic E-state index is 4.14. The molecule has 46 valence electrons. The Morgan fingerprint density at radius 2 is 2.62 bits per heavy atom. The van der Waals surface area contributed by atoms with E-state index in [9.17, 15) is 0 Å². The van der Waals surface area contributed by atoms with E-state index in [4.69, 9.17) is 0 Å². The lowest BCUT2D eigenvalue weighted by molar-refractivity contribution is 0.531. The van der Waals surface area contributed by atoms with E-state index in [0.717, 1.165) is 13.0 Å². The molecular weight excluding hydrogens is 100 g/mol. The Balaban J connectivity index is 2.27. The monoisotopic (exact) mass is 112 g/mol. The number of aliphatic imine (C=N–C) groups is 1. The van der Waals surface area contributed by atoms with Gasteiger partial charge in [0, 0.05) is 6.04 Å². The quantitative estimate of drug-likeness (QED) is 0.523. The molecule has 0 radical (unpaired) electrons. The topological polar surface area (TPSA) is 24.4 Å². The molecule has 1 aliphatic heterocycles. The van der Waals surface area contributed by atoms with Crippen LogP contribution in [-0.4, -0.2) is 25.8 Å². The standard InChI is InChI=1S/C6H12N2/c1-7-6-3-2-4-8-5-6/h4,6-7H,2-3,5H2,1H3. The highest BCUT2D eigenvalue weighted by atomic mass is 14.9. The van der Waals surface area contributed by atoms with Gasteiger partial charge < -0.3 is 5.32 Å². The number of nitrogens with one attached hydrogen (secondary N) is 1. The smallest absolute Gasteiger partial charge is 0.0539 e. The first-order valence-electron chi connectivity index (χ1n) is 3.09. The normalized spacial score (nSPS) is 28.4. The van der Waals surface area contributed by atoms with Crippen molar-refractivity contribution in [3.05, 3.63) is 0 Å². The molecule has 1 aliphatic rings. The van der Waals surface area contributed by atoms with Crippen LogP contribution in [0.15, 0.2) is 4.99 Å². The van der Waals surface area contributed by atoms with E-state index in [1.165, 1.54) is 6.42 Å². The van der Waals surface area contributed by atoms with Crippen molar-refractivity contribution in [3.63, 3.8) is 0 Å². The molecule has 1 unspecified atom stereocenters. The van der Waals surface area contributed by atoms with Gasteiger partial charge >= 0.3 is 0 Å². The Labute approximate surface area is 50.0 Å². The Bertz CT molecular complexity index is 88.5. The number of hydrogen-bond donors (Lipinski definition) is 1. The van der Waals surface area contributed by atoms with Gasteiger partial charge in [0.15, 0.2) is 0 Å². The van der Waals surface area contributed by atoms with Gasteiger partial charge in [-0.3, -0.25) is 4.99 Å². The van der Waals surface area contributed by atoms with Crippen LogP contribution in [0, 0.1) is 0 Å². The molecule has 1 N–H and O–H groups in total. The Morgan fingerprint density at radius 1 is 1.75 bits per heavy atom. The van der Waals surface area contributed by atoms with Gasteiger partial charge in [-0.25, -0.2) is 0 Å². The fraction of sp³-hybridized carbons (Fsp3) is 0.833. The lowest BCUT2D eigenvalue weighted by atomic mass is 10.1. The van der Waals surface area contributed by atoms with E-state index in [0.29, 0.717) is 6.04 Å². The molecule has 1 rings (SSSR count). The van der Waals surface area contributed by atoms with Crippen LogP contribution >= 0.6 is 0 Å². The van der Waals surface area contributed by atoms with E-state index < -0.39 is 0 Å². The second-order valence-electron chi connectivity index (χ2n) is 2.11. The zero-order valence-corrected chi connectivity index (χ0v) is 5.22. The van der Waals surface area contributed by atoms with Crippen LogP contribution in [0.2, 0.25) is 0 Å². The van der Waals surface area contributed by atoms with Crippen molar-refractivity contribution in [2.75, 3.05) is 13.6 Å². The lowest BCUT2D eigenvalue weighted by Crippen LogP contribution is -2.30. The molecule has 0 aromatic heterocycles. The van der Waals surface area contributed by atoms with E-state index in [1.807, 2.05) is 13.3 Å². The van der Waals surface area contributed by atoms with Gasteiger partial charge in [-0.15, -0.1) is 0 Å². The average molecular weight is 112 g/mol. The molecule has 1 atom stereocenters. The van der Waals surface area contributed by atoms with Crippen LogP contribution in [0.4, 0.5) is 0 Å². The molecule has 8 heavy (non-hydrogen) atoms. The zero-order chi connectivity index (χ0) is 5.82. The van der Waals surface area contributed by atoms with E-state index in [2.05, 4.69) is 10.3 Å². The number of likely N-dealkylation sites (N-methyl/N-ethyl adjacent to an activating group) is 1. The van der Waals surface area contributed by atoms with Crippen LogP contribution in [-0.2, 0) is 0 Å². The molecule has 0 fully saturated rings. The van der Waals surface area contributed by atoms with Crippen LogP contribution in [0.5, 0.6) is 0 Å². The van der Waals surface area contributed by atoms with E-state index in [1.54, 1.807) is 0 Å². The first-order chi connectivity index (χ1) is 3.93. The van der Waals surface area contributed by atoms with Crippen LogP contribution in [0.3, 0.4) is 0 Å². The third-order valence-electron chi connectivity index (χ3n) is 1.51. The molecular formula is C6H12N2. The number of nitrogens with zero attached hydrogens (tertiary/aromatic N) is 1. The summed E-state index contributed by atoms with van der Waals surface area (Å²) >= 11 is 0. The van der Waals surface area contributed by atoms with Crippen molar-refractivity contribution in [2.45, 2.75) is 18.9 Å². The van der Waals surface area contributed by atoms with Crippen molar-refractivity contribution in [3.8, 4) is 0 Å². The van der Waals surface area contributed by atoms with Crippen LogP contribution < -0.4 is 5.32 Å². The molecule has 0 saturated carbocycles. The van der Waals surface area contributed by atoms with Crippen LogP contribution in [0.1, 0.15) is 12.8 Å². The molecule has 0 aromatic carbocycles. The summed E-state index contributed by atoms with van der Waals surface area (Å²) in [6.45, 7) is 0.969. The van der Waals surface area contributed by atoms with Crippen molar-refractivity contribution in [1.29, 1.82) is 0 Å². The van der Waals surface area contributed by atoms with Gasteiger partial charge in [0.05, 0.1) is 6.54 Å². The van der Waals surface area contributed by atoms with Gasteiger partial charge in [-0.05, 0) is 26.1 Å². The van der Waals surface area contributed by atoms with Gasteiger partial charge in [-0.1, -0.05) is 0 Å². The molecule has 1 heterocycles. The van der Waals surface area contributed by atoms with E-state index >= 15 is 0 Å². The molecule has 2 nitrogen and oxygen atoms in total. The fourth-order valence-electron chi connectivity index (χ4n) is 0.896. The Kier molecular flexibility index (Phi) is 2.03. The highest BCUT2D eigenvalue weighted by Gasteiger charge is 2.05. The molecule has 0 spiro atoms. The minimum atomic E-state index is 0.639. The van der Waals surface area contributed by atoms with Crippen molar-refractivity contribution in [2.24, 2.45) is 4.99 Å². The van der Waals surface area contributed by atoms with Gasteiger partial charge in [0.25, 0.3) is 0 Å². The molecule has 0 saturated heterocycles. The SMILES string of the molecule is CNC1CCC=NC1. The molecule has 0 aliphatic carbocycles. The minimum absolute atomic E-state index is 0.639. The second kappa shape index (κ2) is 2.82. The predicted octanol–water partition coefficient (Wildman–Crippen LogP) is 0.439. The molecule has 0 amide bonds. The summed E-state index contributed by atoms with van der Waals surface area (Å²) in [6, 6.07) is 0.639. The highest BCUT2D eigenvalue weighted by Crippen LogP contribution is 2.00. The van der Waals surface area contributed by atoms with Crippen molar-refractivity contribution in [1.82, 2.24) is 5.32 Å². The number of rotatable bonds is 1. The molecule has 2 heteroatoms. The zero-order valence-electron chi connectivity index (χ0n) is 5.22. The lowest BCUT2D eigenvalue weighted by Gasteiger charge is -2.14. The summed E-state index contributed by atoms with van der Waals surface area (Å²) in [5, 5.41) is 3.19. The Hall–Kier alpha value is -0.370. The summed E-state index contributed by atoms with van der Waals surface area (Å²) < 4.78 is 0. The largest absolute Gasteiger partial charge is 0.315 e. The third-order valence-corrected chi connectivity index (χ3v) is 1.51. The van der Waals surface area contributed by atoms with Gasteiger partial charge in [-0.2, -0.15) is 0 Å². The highest BCUT2D eigenvalue weighted by molar-refractivity contribution is 5.58. The van der Waals surface area contributed by atoms with Gasteiger partial charge in [0.1, 0.15) is 0 Å². The fourth-order valence-corrected chi connectivity index (χ4v) is 0.896. The molecule has 0 bridgehead atoms. The second-order valence-corrected chi connectivity index (χ2v) is 2.11. The van der Waals surface area contributed by atoms with Crippen LogP contribution in [0.25, 0.3) is 0 Å². The predicted molar refractivity (Wildman–Crippen MR) is 35.4 cm³/mol. The summed E-state index contributed by atoms with van der Waals surface area (Å²) in [7, 11) is 1.99. The minimum Gasteiger partial charge on any atom is -0.315 e. The maximum Gasteiger partial charge on any atom is 0.0539 e. The maximum absolute atomic E-state index is 4.14. The van der Waals surface area contributed by atoms with Crippen molar-refractivity contribution < 1.29 is 0 Å². The third kappa shape index (κ3) is 1.30. The number of hydrogen-bond acceptors (Lipinski definition) is 2. The summed E-state index contributed by atoms with van der Waals surface area (Å²) in [6.07, 6.45) is 4.40. The van der Waals surface area contributed by atoms with Gasteiger partial charge in [0.2, 0.25) is 0 Å². The summed E-state index contributed by atoms with van der Waals surface area (Å²) in [5.41, 5.74) is 0. The Morgan fingerprint density at radius 3 is 3.00 bits per heavy atom. The van der Waals surface area contributed by atoms with E-state index in [-0.39, 0.29) is 0 Å². The molecule has 0 aromatic rings. The summed E-state index contributed by atoms with van der Waals surface area (Å²) in [4.78, 5) is 4.14. The first-order valence-corrected chi connectivity index (χ1v) is 3.09. The average Bonchev–Trinajstić information content (AvgIpc) is 1.90. The summed E-state index contributed by atoms with van der Waals surface area (Å²) in [5.74, 6) is 0.